The Bertz CT molecular complexity index is 242. The predicted molar refractivity (Wildman–Crippen MR) is 45.1 cm³/mol. The summed E-state index contributed by atoms with van der Waals surface area (Å²) >= 11 is 0. The van der Waals surface area contributed by atoms with E-state index >= 15 is 0 Å². The quantitative estimate of drug-likeness (QED) is 0.409. The molecule has 0 spiro atoms. The van der Waals surface area contributed by atoms with Crippen molar-refractivity contribution in [1.82, 2.24) is 9.91 Å². The van der Waals surface area contributed by atoms with E-state index in [4.69, 9.17) is 5.84 Å². The number of hydrazine groups is 1. The number of rotatable bonds is 1. The summed E-state index contributed by atoms with van der Waals surface area (Å²) in [5, 5.41) is 1.55. The second-order valence-corrected chi connectivity index (χ2v) is 3.59. The number of amides is 2. The van der Waals surface area contributed by atoms with E-state index < -0.39 is 0 Å². The van der Waals surface area contributed by atoms with Crippen LogP contribution in [0.15, 0.2) is 0 Å². The zero-order valence-corrected chi connectivity index (χ0v) is 7.56. The number of carbonyl (C=O) groups excluding carboxylic acids is 2. The zero-order chi connectivity index (χ0) is 9.59. The summed E-state index contributed by atoms with van der Waals surface area (Å²) in [6, 6.07) is 0. The Morgan fingerprint density at radius 1 is 1.31 bits per heavy atom. The molecular weight excluding hydrogens is 170 g/mol. The highest BCUT2D eigenvalue weighted by atomic mass is 16.2. The summed E-state index contributed by atoms with van der Waals surface area (Å²) in [4.78, 5) is 24.5. The van der Waals surface area contributed by atoms with Crippen molar-refractivity contribution in [2.75, 3.05) is 19.6 Å². The lowest BCUT2D eigenvalue weighted by Gasteiger charge is -2.15. The molecule has 2 atom stereocenters. The van der Waals surface area contributed by atoms with Crippen LogP contribution in [0, 0.1) is 11.8 Å². The van der Waals surface area contributed by atoms with Crippen molar-refractivity contribution in [3.63, 3.8) is 0 Å². The van der Waals surface area contributed by atoms with Gasteiger partial charge in [-0.2, -0.15) is 0 Å². The molecule has 72 valence electrons. The van der Waals surface area contributed by atoms with E-state index in [1.807, 2.05) is 6.92 Å². The zero-order valence-electron chi connectivity index (χ0n) is 7.56. The van der Waals surface area contributed by atoms with Crippen molar-refractivity contribution in [2.24, 2.45) is 17.7 Å². The Labute approximate surface area is 76.4 Å². The smallest absolute Gasteiger partial charge is 0.234 e. The molecule has 0 saturated carbocycles. The summed E-state index contributed by atoms with van der Waals surface area (Å²) in [6.07, 6.45) is 0. The number of nitrogens with two attached hydrogens (primary N) is 1. The Hall–Kier alpha value is -0.940. The molecule has 5 nitrogen and oxygen atoms in total. The van der Waals surface area contributed by atoms with Crippen LogP contribution in [0.4, 0.5) is 0 Å². The van der Waals surface area contributed by atoms with Crippen molar-refractivity contribution < 1.29 is 9.59 Å². The van der Waals surface area contributed by atoms with Gasteiger partial charge in [0.15, 0.2) is 0 Å². The Morgan fingerprint density at radius 2 is 1.77 bits per heavy atom. The molecule has 2 aliphatic heterocycles. The van der Waals surface area contributed by atoms with Gasteiger partial charge in [0.25, 0.3) is 0 Å². The first-order valence-corrected chi connectivity index (χ1v) is 4.50. The van der Waals surface area contributed by atoms with Crippen LogP contribution < -0.4 is 5.84 Å². The minimum absolute atomic E-state index is 0.0505. The summed E-state index contributed by atoms with van der Waals surface area (Å²) < 4.78 is 0. The maximum Gasteiger partial charge on any atom is 0.234 e. The van der Waals surface area contributed by atoms with Crippen molar-refractivity contribution >= 4 is 11.8 Å². The normalized spacial score (nSPS) is 34.5. The van der Waals surface area contributed by atoms with Gasteiger partial charge in [0.2, 0.25) is 11.8 Å². The molecule has 0 aliphatic carbocycles. The van der Waals surface area contributed by atoms with Crippen molar-refractivity contribution in [3.05, 3.63) is 0 Å². The number of imide groups is 1. The SMILES string of the molecule is CCN1C(=O)[C@H]2CN(N)C[C@@H]2C1=O. The lowest BCUT2D eigenvalue weighted by atomic mass is 10.00. The van der Waals surface area contributed by atoms with E-state index in [0.717, 1.165) is 0 Å². The fraction of sp³-hybridized carbons (Fsp3) is 0.750. The average molecular weight is 183 g/mol. The van der Waals surface area contributed by atoms with E-state index in [2.05, 4.69) is 0 Å². The Morgan fingerprint density at radius 3 is 2.15 bits per heavy atom. The lowest BCUT2D eigenvalue weighted by molar-refractivity contribution is -0.140. The number of likely N-dealkylation sites (tertiary alicyclic amines) is 1. The minimum Gasteiger partial charge on any atom is -0.282 e. The van der Waals surface area contributed by atoms with E-state index in [1.165, 1.54) is 4.90 Å². The molecule has 2 amide bonds. The molecule has 0 unspecified atom stereocenters. The molecule has 2 aliphatic rings. The van der Waals surface area contributed by atoms with E-state index in [1.54, 1.807) is 5.01 Å². The summed E-state index contributed by atoms with van der Waals surface area (Å²) in [7, 11) is 0. The van der Waals surface area contributed by atoms with E-state index in [9.17, 15) is 9.59 Å². The van der Waals surface area contributed by atoms with Crippen LogP contribution in [0.2, 0.25) is 0 Å². The number of fused-ring (bicyclic) bond motifs is 1. The summed E-state index contributed by atoms with van der Waals surface area (Å²) in [5.41, 5.74) is 0. The van der Waals surface area contributed by atoms with E-state index in [0.29, 0.717) is 19.6 Å². The lowest BCUT2D eigenvalue weighted by Crippen LogP contribution is -2.38. The molecule has 0 radical (unpaired) electrons. The molecule has 2 saturated heterocycles. The standard InChI is InChI=1S/C8H13N3O2/c1-2-11-7(12)5-3-10(9)4-6(5)8(11)13/h5-6H,2-4,9H2,1H3/t5-,6-/m0/s1. The van der Waals surface area contributed by atoms with Gasteiger partial charge in [-0.25, -0.2) is 5.01 Å². The van der Waals surface area contributed by atoms with Crippen LogP contribution >= 0.6 is 0 Å². The van der Waals surface area contributed by atoms with Gasteiger partial charge in [0, 0.05) is 19.6 Å². The predicted octanol–water partition coefficient (Wildman–Crippen LogP) is -1.20. The van der Waals surface area contributed by atoms with Crippen LogP contribution in [0.3, 0.4) is 0 Å². The van der Waals surface area contributed by atoms with Gasteiger partial charge in [-0.05, 0) is 6.92 Å². The number of hydrogen-bond acceptors (Lipinski definition) is 4. The fourth-order valence-corrected chi connectivity index (χ4v) is 2.16. The first-order valence-electron chi connectivity index (χ1n) is 4.50. The Kier molecular flexibility index (Phi) is 1.85. The Balaban J connectivity index is 2.23. The number of carbonyl (C=O) groups is 2. The molecule has 0 aromatic heterocycles. The molecule has 0 aromatic carbocycles. The van der Waals surface area contributed by atoms with Crippen LogP contribution in [0.1, 0.15) is 6.92 Å². The van der Waals surface area contributed by atoms with Gasteiger partial charge in [-0.1, -0.05) is 0 Å². The van der Waals surface area contributed by atoms with Crippen molar-refractivity contribution in [2.45, 2.75) is 6.92 Å². The second kappa shape index (κ2) is 2.78. The van der Waals surface area contributed by atoms with Gasteiger partial charge < -0.3 is 0 Å². The molecule has 0 bridgehead atoms. The minimum atomic E-state index is -0.183. The molecule has 5 heteroatoms. The fourth-order valence-electron chi connectivity index (χ4n) is 2.16. The average Bonchev–Trinajstić information content (AvgIpc) is 2.55. The van der Waals surface area contributed by atoms with E-state index in [-0.39, 0.29) is 23.7 Å². The number of nitrogens with zero attached hydrogens (tertiary/aromatic N) is 2. The molecule has 2 fully saturated rings. The molecule has 13 heavy (non-hydrogen) atoms. The summed E-state index contributed by atoms with van der Waals surface area (Å²) in [6.45, 7) is 3.34. The topological polar surface area (TPSA) is 66.6 Å². The highest BCUT2D eigenvalue weighted by molar-refractivity contribution is 6.05. The highest BCUT2D eigenvalue weighted by Gasteiger charge is 2.51. The van der Waals surface area contributed by atoms with Crippen LogP contribution in [-0.4, -0.2) is 41.4 Å². The first-order chi connectivity index (χ1) is 6.15. The van der Waals surface area contributed by atoms with Gasteiger partial charge in [-0.3, -0.25) is 20.3 Å². The largest absolute Gasteiger partial charge is 0.282 e. The third-order valence-corrected chi connectivity index (χ3v) is 2.83. The van der Waals surface area contributed by atoms with Gasteiger partial charge in [-0.15, -0.1) is 0 Å². The third-order valence-electron chi connectivity index (χ3n) is 2.83. The highest BCUT2D eigenvalue weighted by Crippen LogP contribution is 2.31. The molecule has 2 rings (SSSR count). The number of hydrogen-bond donors (Lipinski definition) is 1. The van der Waals surface area contributed by atoms with Crippen LogP contribution in [-0.2, 0) is 9.59 Å². The second-order valence-electron chi connectivity index (χ2n) is 3.59. The van der Waals surface area contributed by atoms with Crippen LogP contribution in [0.25, 0.3) is 0 Å². The van der Waals surface area contributed by atoms with Crippen molar-refractivity contribution in [3.8, 4) is 0 Å². The van der Waals surface area contributed by atoms with Gasteiger partial charge in [0.1, 0.15) is 0 Å². The monoisotopic (exact) mass is 183 g/mol. The molecule has 0 aromatic rings. The van der Waals surface area contributed by atoms with Crippen molar-refractivity contribution in [1.29, 1.82) is 0 Å². The summed E-state index contributed by atoms with van der Waals surface area (Å²) in [5.74, 6) is 5.08. The van der Waals surface area contributed by atoms with Gasteiger partial charge in [0.05, 0.1) is 11.8 Å². The molecular formula is C8H13N3O2. The molecule has 2 N–H and O–H groups in total. The maximum atomic E-state index is 11.6. The molecule has 2 heterocycles. The third kappa shape index (κ3) is 1.08. The maximum absolute atomic E-state index is 11.6. The van der Waals surface area contributed by atoms with Gasteiger partial charge >= 0.3 is 0 Å². The first kappa shape index (κ1) is 8.65. The van der Waals surface area contributed by atoms with Crippen LogP contribution in [0.5, 0.6) is 0 Å².